The lowest BCUT2D eigenvalue weighted by atomic mass is 10.1. The van der Waals surface area contributed by atoms with Gasteiger partial charge in [0.25, 0.3) is 0 Å². The van der Waals surface area contributed by atoms with Gasteiger partial charge in [0.15, 0.2) is 0 Å². The number of hydrogen-bond donors (Lipinski definition) is 1. The molecule has 4 nitrogen and oxygen atoms in total. The standard InChI is InChI=1S/C19H23N3OS3/c1-5-14-12(4)26-19-16(14)18(21-17(22-19)11(2)3)25-10-15(23)20-9-13-7-6-8-24-13/h6-8,11H,5,9-10H2,1-4H3,(H,20,23). The zero-order valence-electron chi connectivity index (χ0n) is 15.5. The average Bonchev–Trinajstić information content (AvgIpc) is 3.24. The van der Waals surface area contributed by atoms with Crippen LogP contribution in [0.4, 0.5) is 0 Å². The van der Waals surface area contributed by atoms with E-state index in [2.05, 4.69) is 33.0 Å². The molecule has 3 aromatic heterocycles. The molecular weight excluding hydrogens is 382 g/mol. The Morgan fingerprint density at radius 3 is 2.81 bits per heavy atom. The highest BCUT2D eigenvalue weighted by molar-refractivity contribution is 8.00. The van der Waals surface area contributed by atoms with Crippen LogP contribution in [0.5, 0.6) is 0 Å². The van der Waals surface area contributed by atoms with Crippen molar-refractivity contribution in [3.63, 3.8) is 0 Å². The summed E-state index contributed by atoms with van der Waals surface area (Å²) < 4.78 is 0. The number of carbonyl (C=O) groups is 1. The fourth-order valence-electron chi connectivity index (χ4n) is 2.72. The maximum absolute atomic E-state index is 12.3. The largest absolute Gasteiger partial charge is 0.350 e. The van der Waals surface area contributed by atoms with Crippen molar-refractivity contribution in [3.05, 3.63) is 38.7 Å². The molecule has 0 unspecified atom stereocenters. The van der Waals surface area contributed by atoms with E-state index in [-0.39, 0.29) is 11.8 Å². The molecule has 3 rings (SSSR count). The van der Waals surface area contributed by atoms with Crippen LogP contribution in [0.25, 0.3) is 10.2 Å². The Balaban J connectivity index is 1.80. The van der Waals surface area contributed by atoms with Gasteiger partial charge in [-0.25, -0.2) is 9.97 Å². The van der Waals surface area contributed by atoms with Crippen molar-refractivity contribution < 1.29 is 4.79 Å². The number of nitrogens with one attached hydrogen (secondary N) is 1. The van der Waals surface area contributed by atoms with Gasteiger partial charge in [-0.15, -0.1) is 22.7 Å². The van der Waals surface area contributed by atoms with E-state index in [1.165, 1.54) is 22.2 Å². The molecule has 7 heteroatoms. The topological polar surface area (TPSA) is 54.9 Å². The first kappa shape index (κ1) is 19.3. The van der Waals surface area contributed by atoms with Crippen molar-refractivity contribution in [1.29, 1.82) is 0 Å². The van der Waals surface area contributed by atoms with Gasteiger partial charge in [-0.3, -0.25) is 4.79 Å². The van der Waals surface area contributed by atoms with Crippen LogP contribution in [0.1, 0.15) is 47.8 Å². The molecule has 0 saturated carbocycles. The Bertz CT molecular complexity index is 901. The monoisotopic (exact) mass is 405 g/mol. The van der Waals surface area contributed by atoms with Gasteiger partial charge in [0.05, 0.1) is 12.3 Å². The molecule has 3 heterocycles. The maximum atomic E-state index is 12.3. The number of thioether (sulfide) groups is 1. The van der Waals surface area contributed by atoms with Crippen molar-refractivity contribution in [2.24, 2.45) is 0 Å². The van der Waals surface area contributed by atoms with Crippen molar-refractivity contribution in [3.8, 4) is 0 Å². The molecule has 0 aromatic carbocycles. The molecule has 3 aromatic rings. The second-order valence-corrected chi connectivity index (χ2v) is 9.56. The minimum Gasteiger partial charge on any atom is -0.350 e. The zero-order chi connectivity index (χ0) is 18.7. The molecule has 0 aliphatic rings. The van der Waals surface area contributed by atoms with E-state index in [9.17, 15) is 4.79 Å². The number of carbonyl (C=O) groups excluding carboxylic acids is 1. The van der Waals surface area contributed by atoms with Crippen molar-refractivity contribution in [2.45, 2.75) is 51.6 Å². The Hall–Kier alpha value is -1.44. The van der Waals surface area contributed by atoms with E-state index in [4.69, 9.17) is 9.97 Å². The third kappa shape index (κ3) is 4.27. The summed E-state index contributed by atoms with van der Waals surface area (Å²) in [4.78, 5) is 25.3. The Morgan fingerprint density at radius 1 is 1.35 bits per heavy atom. The number of hydrogen-bond acceptors (Lipinski definition) is 6. The van der Waals surface area contributed by atoms with Crippen LogP contribution in [0.3, 0.4) is 0 Å². The molecule has 0 radical (unpaired) electrons. The number of fused-ring (bicyclic) bond motifs is 1. The number of aryl methyl sites for hydroxylation is 2. The van der Waals surface area contributed by atoms with E-state index in [0.29, 0.717) is 12.3 Å². The molecule has 0 aliphatic carbocycles. The van der Waals surface area contributed by atoms with Gasteiger partial charge in [0, 0.05) is 21.1 Å². The van der Waals surface area contributed by atoms with Crippen LogP contribution in [0, 0.1) is 6.92 Å². The molecule has 0 aliphatic heterocycles. The number of amides is 1. The summed E-state index contributed by atoms with van der Waals surface area (Å²) in [5.74, 6) is 1.51. The second kappa shape index (κ2) is 8.50. The van der Waals surface area contributed by atoms with Gasteiger partial charge in [0.1, 0.15) is 15.7 Å². The summed E-state index contributed by atoms with van der Waals surface area (Å²) in [6.45, 7) is 9.09. The van der Waals surface area contributed by atoms with E-state index in [0.717, 1.165) is 32.4 Å². The lowest BCUT2D eigenvalue weighted by Crippen LogP contribution is -2.24. The predicted octanol–water partition coefficient (Wildman–Crippen LogP) is 5.16. The Morgan fingerprint density at radius 2 is 2.15 bits per heavy atom. The molecule has 1 N–H and O–H groups in total. The quantitative estimate of drug-likeness (QED) is 0.436. The fourth-order valence-corrected chi connectivity index (χ4v) is 5.45. The van der Waals surface area contributed by atoms with Gasteiger partial charge in [-0.2, -0.15) is 0 Å². The number of nitrogens with zero attached hydrogens (tertiary/aromatic N) is 2. The molecule has 138 valence electrons. The zero-order valence-corrected chi connectivity index (χ0v) is 17.9. The highest BCUT2D eigenvalue weighted by atomic mass is 32.2. The third-order valence-electron chi connectivity index (χ3n) is 4.09. The van der Waals surface area contributed by atoms with E-state index in [1.807, 2.05) is 17.5 Å². The molecule has 1 amide bonds. The van der Waals surface area contributed by atoms with Gasteiger partial charge in [-0.05, 0) is 30.4 Å². The average molecular weight is 406 g/mol. The summed E-state index contributed by atoms with van der Waals surface area (Å²) in [6.07, 6.45) is 0.953. The summed E-state index contributed by atoms with van der Waals surface area (Å²) in [5.41, 5.74) is 1.31. The van der Waals surface area contributed by atoms with E-state index in [1.54, 1.807) is 22.7 Å². The van der Waals surface area contributed by atoms with E-state index >= 15 is 0 Å². The second-order valence-electron chi connectivity index (χ2n) is 6.36. The molecule has 0 atom stereocenters. The first-order valence-corrected chi connectivity index (χ1v) is 11.4. The van der Waals surface area contributed by atoms with Crippen molar-refractivity contribution in [2.75, 3.05) is 5.75 Å². The molecule has 0 saturated heterocycles. The van der Waals surface area contributed by atoms with Gasteiger partial charge in [0.2, 0.25) is 5.91 Å². The van der Waals surface area contributed by atoms with Crippen LogP contribution in [-0.4, -0.2) is 21.6 Å². The first-order valence-electron chi connectivity index (χ1n) is 8.71. The van der Waals surface area contributed by atoms with Crippen LogP contribution in [0.15, 0.2) is 22.5 Å². The first-order chi connectivity index (χ1) is 12.5. The highest BCUT2D eigenvalue weighted by Crippen LogP contribution is 2.36. The SMILES string of the molecule is CCc1c(C)sc2nc(C(C)C)nc(SCC(=O)NCc3cccs3)c12. The molecule has 0 spiro atoms. The van der Waals surface area contributed by atoms with Gasteiger partial charge in [-0.1, -0.05) is 38.6 Å². The van der Waals surface area contributed by atoms with Crippen LogP contribution in [0.2, 0.25) is 0 Å². The summed E-state index contributed by atoms with van der Waals surface area (Å²) in [6, 6.07) is 4.03. The molecule has 0 fully saturated rings. The lowest BCUT2D eigenvalue weighted by molar-refractivity contribution is -0.118. The minimum atomic E-state index is 0.0336. The molecule has 26 heavy (non-hydrogen) atoms. The number of aromatic nitrogens is 2. The van der Waals surface area contributed by atoms with Gasteiger partial charge >= 0.3 is 0 Å². The van der Waals surface area contributed by atoms with Crippen molar-refractivity contribution >= 4 is 50.6 Å². The normalized spacial score (nSPS) is 11.4. The molecular formula is C19H23N3OS3. The van der Waals surface area contributed by atoms with Crippen LogP contribution in [-0.2, 0) is 17.8 Å². The summed E-state index contributed by atoms with van der Waals surface area (Å²) in [7, 11) is 0. The summed E-state index contributed by atoms with van der Waals surface area (Å²) >= 11 is 4.90. The smallest absolute Gasteiger partial charge is 0.230 e. The van der Waals surface area contributed by atoms with Crippen molar-refractivity contribution in [1.82, 2.24) is 15.3 Å². The fraction of sp³-hybridized carbons (Fsp3) is 0.421. The highest BCUT2D eigenvalue weighted by Gasteiger charge is 2.18. The van der Waals surface area contributed by atoms with Crippen LogP contribution >= 0.6 is 34.4 Å². The lowest BCUT2D eigenvalue weighted by Gasteiger charge is -2.09. The Kier molecular flexibility index (Phi) is 6.32. The Labute approximate surface area is 166 Å². The predicted molar refractivity (Wildman–Crippen MR) is 113 cm³/mol. The minimum absolute atomic E-state index is 0.0336. The molecule has 0 bridgehead atoms. The van der Waals surface area contributed by atoms with E-state index < -0.39 is 0 Å². The van der Waals surface area contributed by atoms with Crippen LogP contribution < -0.4 is 5.32 Å². The number of thiophene rings is 2. The maximum Gasteiger partial charge on any atom is 0.230 e. The summed E-state index contributed by atoms with van der Waals surface area (Å²) in [5, 5.41) is 7.08. The number of rotatable bonds is 7. The third-order valence-corrected chi connectivity index (χ3v) is 6.98. The van der Waals surface area contributed by atoms with Gasteiger partial charge < -0.3 is 5.32 Å².